The number of amides is 1. The van der Waals surface area contributed by atoms with Crippen molar-refractivity contribution in [3.8, 4) is 0 Å². The highest BCUT2D eigenvalue weighted by atomic mass is 19.2. The Morgan fingerprint density at radius 2 is 2.00 bits per heavy atom. The molecule has 3 nitrogen and oxygen atoms in total. The largest absolute Gasteiger partial charge is 0.391 e. The molecule has 1 saturated carbocycles. The molecule has 0 spiro atoms. The molecule has 2 N–H and O–H groups in total. The van der Waals surface area contributed by atoms with Gasteiger partial charge in [0.15, 0.2) is 11.6 Å². The first kappa shape index (κ1) is 13.0. The van der Waals surface area contributed by atoms with E-state index < -0.39 is 23.6 Å². The molecule has 0 heterocycles. The highest BCUT2D eigenvalue weighted by molar-refractivity contribution is 5.94. The average molecular weight is 255 g/mol. The Morgan fingerprint density at radius 3 is 2.72 bits per heavy atom. The maximum Gasteiger partial charge on any atom is 0.254 e. The summed E-state index contributed by atoms with van der Waals surface area (Å²) in [5, 5.41) is 12.3. The molecule has 98 valence electrons. The van der Waals surface area contributed by atoms with E-state index in [0.29, 0.717) is 12.8 Å². The molecule has 0 aliphatic heterocycles. The van der Waals surface area contributed by atoms with E-state index >= 15 is 0 Å². The molecule has 0 bridgehead atoms. The van der Waals surface area contributed by atoms with E-state index in [1.165, 1.54) is 12.1 Å². The number of hydrogen-bond donors (Lipinski definition) is 2. The third-order valence-electron chi connectivity index (χ3n) is 3.24. The highest BCUT2D eigenvalue weighted by Gasteiger charge is 2.26. The van der Waals surface area contributed by atoms with Crippen molar-refractivity contribution in [3.05, 3.63) is 35.4 Å². The molecular formula is C13H15F2NO2. The average Bonchev–Trinajstić information content (AvgIpc) is 2.35. The van der Waals surface area contributed by atoms with Crippen molar-refractivity contribution in [2.75, 3.05) is 0 Å². The smallest absolute Gasteiger partial charge is 0.254 e. The first-order valence-electron chi connectivity index (χ1n) is 6.02. The van der Waals surface area contributed by atoms with Crippen LogP contribution in [-0.4, -0.2) is 23.2 Å². The number of hydrogen-bond acceptors (Lipinski definition) is 2. The van der Waals surface area contributed by atoms with Crippen molar-refractivity contribution >= 4 is 5.91 Å². The number of halogens is 2. The summed E-state index contributed by atoms with van der Waals surface area (Å²) in [6.07, 6.45) is 2.50. The second-order valence-corrected chi connectivity index (χ2v) is 4.53. The zero-order chi connectivity index (χ0) is 13.1. The third kappa shape index (κ3) is 2.67. The number of nitrogens with one attached hydrogen (secondary N) is 1. The van der Waals surface area contributed by atoms with Crippen LogP contribution in [0.1, 0.15) is 36.0 Å². The van der Waals surface area contributed by atoms with Gasteiger partial charge in [0, 0.05) is 0 Å². The first-order valence-corrected chi connectivity index (χ1v) is 6.02. The quantitative estimate of drug-likeness (QED) is 0.849. The Kier molecular flexibility index (Phi) is 3.91. The number of carbonyl (C=O) groups excluding carboxylic acids is 1. The lowest BCUT2D eigenvalue weighted by molar-refractivity contribution is 0.0714. The Balaban J connectivity index is 2.09. The van der Waals surface area contributed by atoms with Crippen LogP contribution in [0, 0.1) is 11.6 Å². The summed E-state index contributed by atoms with van der Waals surface area (Å²) in [7, 11) is 0. The van der Waals surface area contributed by atoms with Gasteiger partial charge >= 0.3 is 0 Å². The lowest BCUT2D eigenvalue weighted by Gasteiger charge is -2.28. The zero-order valence-electron chi connectivity index (χ0n) is 9.83. The summed E-state index contributed by atoms with van der Waals surface area (Å²) in [6, 6.07) is 3.09. The monoisotopic (exact) mass is 255 g/mol. The van der Waals surface area contributed by atoms with E-state index in [2.05, 4.69) is 5.32 Å². The second kappa shape index (κ2) is 5.44. The molecular weight excluding hydrogens is 240 g/mol. The summed E-state index contributed by atoms with van der Waals surface area (Å²) in [5.74, 6) is -2.88. The minimum Gasteiger partial charge on any atom is -0.391 e. The van der Waals surface area contributed by atoms with Gasteiger partial charge < -0.3 is 10.4 Å². The summed E-state index contributed by atoms with van der Waals surface area (Å²) in [4.78, 5) is 11.8. The molecule has 2 atom stereocenters. The van der Waals surface area contributed by atoms with Gasteiger partial charge in [-0.1, -0.05) is 18.9 Å². The lowest BCUT2D eigenvalue weighted by Crippen LogP contribution is -2.45. The molecule has 0 radical (unpaired) electrons. The second-order valence-electron chi connectivity index (χ2n) is 4.53. The molecule has 18 heavy (non-hydrogen) atoms. The van der Waals surface area contributed by atoms with Gasteiger partial charge in [-0.25, -0.2) is 8.78 Å². The van der Waals surface area contributed by atoms with Crippen molar-refractivity contribution in [3.63, 3.8) is 0 Å². The van der Waals surface area contributed by atoms with Crippen LogP contribution in [0.3, 0.4) is 0 Å². The topological polar surface area (TPSA) is 49.3 Å². The van der Waals surface area contributed by atoms with Crippen LogP contribution >= 0.6 is 0 Å². The minimum atomic E-state index is -1.15. The molecule has 1 aliphatic carbocycles. The lowest BCUT2D eigenvalue weighted by atomic mass is 9.92. The van der Waals surface area contributed by atoms with E-state index in [0.717, 1.165) is 18.9 Å². The number of carbonyl (C=O) groups is 1. The van der Waals surface area contributed by atoms with Gasteiger partial charge in [-0.2, -0.15) is 0 Å². The van der Waals surface area contributed by atoms with Crippen molar-refractivity contribution in [1.82, 2.24) is 5.32 Å². The highest BCUT2D eigenvalue weighted by Crippen LogP contribution is 2.19. The van der Waals surface area contributed by atoms with Crippen LogP contribution in [0.4, 0.5) is 8.78 Å². The van der Waals surface area contributed by atoms with Gasteiger partial charge in [0.05, 0.1) is 17.7 Å². The molecule has 0 aromatic heterocycles. The van der Waals surface area contributed by atoms with Crippen molar-refractivity contribution in [2.45, 2.75) is 37.8 Å². The van der Waals surface area contributed by atoms with Crippen LogP contribution in [0.25, 0.3) is 0 Å². The number of aliphatic hydroxyl groups excluding tert-OH is 1. The fourth-order valence-corrected chi connectivity index (χ4v) is 2.20. The zero-order valence-corrected chi connectivity index (χ0v) is 9.83. The van der Waals surface area contributed by atoms with E-state index in [1.807, 2.05) is 0 Å². The van der Waals surface area contributed by atoms with Crippen molar-refractivity contribution in [2.24, 2.45) is 0 Å². The van der Waals surface area contributed by atoms with Crippen LogP contribution in [0.5, 0.6) is 0 Å². The van der Waals surface area contributed by atoms with E-state index in [-0.39, 0.29) is 11.6 Å². The Hall–Kier alpha value is -1.49. The van der Waals surface area contributed by atoms with Gasteiger partial charge in [-0.3, -0.25) is 4.79 Å². The van der Waals surface area contributed by atoms with Crippen molar-refractivity contribution < 1.29 is 18.7 Å². The normalized spacial score (nSPS) is 23.7. The van der Waals surface area contributed by atoms with E-state index in [4.69, 9.17) is 0 Å². The van der Waals surface area contributed by atoms with Gasteiger partial charge in [0.2, 0.25) is 0 Å². The molecule has 1 aliphatic rings. The van der Waals surface area contributed by atoms with Gasteiger partial charge in [0.1, 0.15) is 0 Å². The molecule has 2 rings (SSSR count). The standard InChI is InChI=1S/C13H15F2NO2/c14-9-5-3-4-8(12(9)15)13(18)16-10-6-1-2-7-11(10)17/h3-5,10-11,17H,1-2,6-7H2,(H,16,18)/t10-,11-/m1/s1. The Labute approximate surface area is 104 Å². The maximum absolute atomic E-state index is 13.4. The molecule has 0 saturated heterocycles. The predicted molar refractivity (Wildman–Crippen MR) is 62.1 cm³/mol. The minimum absolute atomic E-state index is 0.326. The van der Waals surface area contributed by atoms with E-state index in [9.17, 15) is 18.7 Å². The summed E-state index contributed by atoms with van der Waals surface area (Å²) >= 11 is 0. The molecule has 1 aromatic carbocycles. The number of aliphatic hydroxyl groups is 1. The van der Waals surface area contributed by atoms with Crippen LogP contribution < -0.4 is 5.32 Å². The molecule has 1 amide bonds. The SMILES string of the molecule is O=C(N[C@@H]1CCCC[C@H]1O)c1cccc(F)c1F. The van der Waals surface area contributed by atoms with Crippen LogP contribution in [-0.2, 0) is 0 Å². The Bertz CT molecular complexity index is 451. The summed E-state index contributed by atoms with van der Waals surface area (Å²) in [5.41, 5.74) is -0.326. The summed E-state index contributed by atoms with van der Waals surface area (Å²) in [6.45, 7) is 0. The van der Waals surface area contributed by atoms with Crippen molar-refractivity contribution in [1.29, 1.82) is 0 Å². The van der Waals surface area contributed by atoms with Gasteiger partial charge in [-0.05, 0) is 25.0 Å². The fourth-order valence-electron chi connectivity index (χ4n) is 2.20. The van der Waals surface area contributed by atoms with Gasteiger partial charge in [-0.15, -0.1) is 0 Å². The summed E-state index contributed by atoms with van der Waals surface area (Å²) < 4.78 is 26.4. The molecule has 0 unspecified atom stereocenters. The first-order chi connectivity index (χ1) is 8.59. The maximum atomic E-state index is 13.4. The van der Waals surface area contributed by atoms with Crippen LogP contribution in [0.2, 0.25) is 0 Å². The van der Waals surface area contributed by atoms with E-state index in [1.54, 1.807) is 0 Å². The van der Waals surface area contributed by atoms with Gasteiger partial charge in [0.25, 0.3) is 5.91 Å². The predicted octanol–water partition coefficient (Wildman–Crippen LogP) is 2.00. The number of rotatable bonds is 2. The molecule has 5 heteroatoms. The molecule has 1 fully saturated rings. The fraction of sp³-hybridized carbons (Fsp3) is 0.462. The molecule has 1 aromatic rings. The Morgan fingerprint density at radius 1 is 1.28 bits per heavy atom. The number of benzene rings is 1. The third-order valence-corrected chi connectivity index (χ3v) is 3.24. The van der Waals surface area contributed by atoms with Crippen LogP contribution in [0.15, 0.2) is 18.2 Å².